The third-order valence-electron chi connectivity index (χ3n) is 4.56. The van der Waals surface area contributed by atoms with Crippen molar-refractivity contribution in [3.8, 4) is 0 Å². The summed E-state index contributed by atoms with van der Waals surface area (Å²) in [6.45, 7) is 11.7. The van der Waals surface area contributed by atoms with Gasteiger partial charge in [0.2, 0.25) is 6.43 Å². The van der Waals surface area contributed by atoms with Crippen LogP contribution in [-0.2, 0) is 0 Å². The van der Waals surface area contributed by atoms with Gasteiger partial charge in [0.15, 0.2) is 0 Å². The first-order valence-corrected chi connectivity index (χ1v) is 9.31. The Balaban J connectivity index is 2.10. The molecule has 1 aromatic heterocycles. The number of allylic oxidation sites excluding steroid dienone is 6. The zero-order valence-corrected chi connectivity index (χ0v) is 16.6. The van der Waals surface area contributed by atoms with Crippen LogP contribution in [0.2, 0.25) is 0 Å². The zero-order valence-electron chi connectivity index (χ0n) is 16.6. The number of halogens is 2. The average Bonchev–Trinajstić information content (AvgIpc) is 3.44. The normalized spacial score (nSPS) is 16.5. The lowest BCUT2D eigenvalue weighted by molar-refractivity contribution is 0.149. The van der Waals surface area contributed by atoms with Crippen LogP contribution in [0.4, 0.5) is 8.78 Å². The first-order valence-electron chi connectivity index (χ1n) is 9.31. The van der Waals surface area contributed by atoms with Crippen LogP contribution in [-0.4, -0.2) is 17.1 Å². The first kappa shape index (κ1) is 20.9. The highest BCUT2D eigenvalue weighted by Gasteiger charge is 2.25. The van der Waals surface area contributed by atoms with E-state index < -0.39 is 6.43 Å². The molecule has 1 aromatic rings. The Bertz CT molecular complexity index is 810. The third-order valence-corrected chi connectivity index (χ3v) is 4.56. The van der Waals surface area contributed by atoms with Crippen molar-refractivity contribution in [1.29, 1.82) is 0 Å². The molecule has 1 heterocycles. The smallest absolute Gasteiger partial charge is 0.242 e. The number of aryl methyl sites for hydroxylation is 1. The Morgan fingerprint density at radius 3 is 2.56 bits per heavy atom. The molecule has 1 fully saturated rings. The van der Waals surface area contributed by atoms with Gasteiger partial charge in [0, 0.05) is 41.2 Å². The molecule has 1 aliphatic carbocycles. The highest BCUT2D eigenvalue weighted by atomic mass is 19.3. The molecule has 0 aliphatic heterocycles. The maximum atomic E-state index is 12.3. The van der Waals surface area contributed by atoms with E-state index in [0.717, 1.165) is 28.1 Å². The number of hydrogen-bond acceptors (Lipinski definition) is 2. The van der Waals surface area contributed by atoms with Gasteiger partial charge >= 0.3 is 0 Å². The topological polar surface area (TPSA) is 25.2 Å². The van der Waals surface area contributed by atoms with Crippen LogP contribution >= 0.6 is 0 Å². The van der Waals surface area contributed by atoms with Gasteiger partial charge in [-0.25, -0.2) is 8.78 Å². The van der Waals surface area contributed by atoms with Crippen LogP contribution in [0.15, 0.2) is 59.3 Å². The molecule has 0 saturated heterocycles. The largest absolute Gasteiger partial charge is 0.262 e. The summed E-state index contributed by atoms with van der Waals surface area (Å²) in [5, 5.41) is 0. The highest BCUT2D eigenvalue weighted by molar-refractivity contribution is 5.95. The minimum Gasteiger partial charge on any atom is -0.262 e. The van der Waals surface area contributed by atoms with Crippen molar-refractivity contribution >= 4 is 11.3 Å². The molecule has 0 unspecified atom stereocenters. The number of nitrogens with zero attached hydrogens (tertiary/aromatic N) is 2. The molecule has 0 N–H and O–H groups in total. The number of rotatable bonds is 8. The molecular weight excluding hydrogens is 342 g/mol. The van der Waals surface area contributed by atoms with E-state index >= 15 is 0 Å². The van der Waals surface area contributed by atoms with Crippen molar-refractivity contribution in [1.82, 2.24) is 4.98 Å². The first-order chi connectivity index (χ1) is 12.8. The van der Waals surface area contributed by atoms with Gasteiger partial charge in [0.1, 0.15) is 0 Å². The van der Waals surface area contributed by atoms with Crippen LogP contribution in [0, 0.1) is 6.92 Å². The van der Waals surface area contributed by atoms with E-state index in [1.54, 1.807) is 6.92 Å². The predicted molar refractivity (Wildman–Crippen MR) is 110 cm³/mol. The number of aromatic nitrogens is 1. The number of alkyl halides is 2. The van der Waals surface area contributed by atoms with Crippen molar-refractivity contribution in [3.63, 3.8) is 0 Å². The maximum absolute atomic E-state index is 12.3. The Morgan fingerprint density at radius 2 is 2.00 bits per heavy atom. The quantitative estimate of drug-likeness (QED) is 0.365. The Kier molecular flexibility index (Phi) is 7.40. The Morgan fingerprint density at radius 1 is 1.30 bits per heavy atom. The molecule has 0 radical (unpaired) electrons. The van der Waals surface area contributed by atoms with Gasteiger partial charge in [-0.3, -0.25) is 9.98 Å². The number of aliphatic imine (C=N–C) groups is 1. The van der Waals surface area contributed by atoms with Crippen molar-refractivity contribution in [2.45, 2.75) is 59.3 Å². The van der Waals surface area contributed by atoms with Crippen LogP contribution in [0.1, 0.15) is 62.9 Å². The number of hydrogen-bond donors (Lipinski definition) is 0. The summed E-state index contributed by atoms with van der Waals surface area (Å²) in [4.78, 5) is 8.97. The minimum absolute atomic E-state index is 0.249. The SMILES string of the molecule is C=C(C(/C=C\C(C)=N\C=C(/C)CC(F)F)=C/C)c1ccc(C2CC2)nc1C. The van der Waals surface area contributed by atoms with E-state index in [4.69, 9.17) is 4.98 Å². The summed E-state index contributed by atoms with van der Waals surface area (Å²) in [5.74, 6) is 0.632. The second-order valence-corrected chi connectivity index (χ2v) is 7.04. The van der Waals surface area contributed by atoms with Crippen molar-refractivity contribution in [2.75, 3.05) is 0 Å². The lowest BCUT2D eigenvalue weighted by Crippen LogP contribution is -1.97. The number of pyridine rings is 1. The fourth-order valence-corrected chi connectivity index (χ4v) is 2.79. The summed E-state index contributed by atoms with van der Waals surface area (Å²) in [6.07, 6.45) is 7.20. The van der Waals surface area contributed by atoms with Crippen LogP contribution in [0.5, 0.6) is 0 Å². The fraction of sp³-hybridized carbons (Fsp3) is 0.391. The maximum Gasteiger partial charge on any atom is 0.242 e. The van der Waals surface area contributed by atoms with Crippen molar-refractivity contribution in [2.24, 2.45) is 4.99 Å². The van der Waals surface area contributed by atoms with Crippen LogP contribution in [0.3, 0.4) is 0 Å². The van der Waals surface area contributed by atoms with E-state index in [9.17, 15) is 8.78 Å². The molecule has 2 nitrogen and oxygen atoms in total. The zero-order chi connectivity index (χ0) is 20.0. The second kappa shape index (κ2) is 9.54. The van der Waals surface area contributed by atoms with Crippen molar-refractivity contribution < 1.29 is 8.78 Å². The molecule has 2 rings (SSSR count). The molecule has 0 atom stereocenters. The fourth-order valence-electron chi connectivity index (χ4n) is 2.79. The minimum atomic E-state index is -2.34. The van der Waals surface area contributed by atoms with E-state index in [-0.39, 0.29) is 6.42 Å². The highest BCUT2D eigenvalue weighted by Crippen LogP contribution is 2.39. The summed E-state index contributed by atoms with van der Waals surface area (Å²) in [7, 11) is 0. The molecule has 27 heavy (non-hydrogen) atoms. The lowest BCUT2D eigenvalue weighted by atomic mass is 9.97. The van der Waals surface area contributed by atoms with Gasteiger partial charge in [-0.2, -0.15) is 0 Å². The van der Waals surface area contributed by atoms with Gasteiger partial charge in [0.05, 0.1) is 0 Å². The summed E-state index contributed by atoms with van der Waals surface area (Å²) < 4.78 is 24.7. The van der Waals surface area contributed by atoms with E-state index in [1.807, 2.05) is 39.0 Å². The van der Waals surface area contributed by atoms with Gasteiger partial charge in [0.25, 0.3) is 0 Å². The van der Waals surface area contributed by atoms with Gasteiger partial charge in [-0.15, -0.1) is 0 Å². The van der Waals surface area contributed by atoms with Crippen LogP contribution in [0.25, 0.3) is 5.57 Å². The summed E-state index contributed by atoms with van der Waals surface area (Å²) in [6, 6.07) is 4.21. The predicted octanol–water partition coefficient (Wildman–Crippen LogP) is 6.80. The van der Waals surface area contributed by atoms with Gasteiger partial charge in [-0.1, -0.05) is 24.8 Å². The van der Waals surface area contributed by atoms with Gasteiger partial charge in [-0.05, 0) is 69.4 Å². The molecule has 144 valence electrons. The second-order valence-electron chi connectivity index (χ2n) is 7.04. The Labute approximate surface area is 161 Å². The third kappa shape index (κ3) is 6.38. The van der Waals surface area contributed by atoms with E-state index in [1.165, 1.54) is 24.7 Å². The van der Waals surface area contributed by atoms with Crippen LogP contribution < -0.4 is 0 Å². The molecule has 0 bridgehead atoms. The molecule has 0 spiro atoms. The molecular formula is C23H28F2N2. The van der Waals surface area contributed by atoms with Crippen molar-refractivity contribution in [3.05, 3.63) is 71.2 Å². The van der Waals surface area contributed by atoms with E-state index in [0.29, 0.717) is 11.5 Å². The average molecular weight is 370 g/mol. The molecule has 0 amide bonds. The Hall–Kier alpha value is -2.36. The standard InChI is InChI=1S/C23H28F2N2/c1-6-19(8-7-16(3)26-14-15(2)13-23(24)25)17(4)21-11-12-22(20-9-10-20)27-18(21)5/h6-8,11-12,14,20,23H,4,9-10,13H2,1-3,5H3/b8-7-,15-14+,19-6+,26-16+. The lowest BCUT2D eigenvalue weighted by Gasteiger charge is -2.11. The monoisotopic (exact) mass is 370 g/mol. The van der Waals surface area contributed by atoms with E-state index in [2.05, 4.69) is 23.7 Å². The molecule has 0 aromatic carbocycles. The summed E-state index contributed by atoms with van der Waals surface area (Å²) in [5.41, 5.74) is 6.42. The molecule has 1 saturated carbocycles. The molecule has 4 heteroatoms. The molecule has 1 aliphatic rings. The summed E-state index contributed by atoms with van der Waals surface area (Å²) >= 11 is 0. The van der Waals surface area contributed by atoms with Gasteiger partial charge < -0.3 is 0 Å².